The van der Waals surface area contributed by atoms with Crippen molar-refractivity contribution in [3.05, 3.63) is 16.6 Å². The van der Waals surface area contributed by atoms with Gasteiger partial charge in [0.05, 0.1) is 5.51 Å². The Balaban J connectivity index is 2.04. The predicted octanol–water partition coefficient (Wildman–Crippen LogP) is 2.98. The molecule has 0 saturated heterocycles. The van der Waals surface area contributed by atoms with Crippen LogP contribution in [0.3, 0.4) is 0 Å². The zero-order chi connectivity index (χ0) is 9.80. The van der Waals surface area contributed by atoms with E-state index in [2.05, 4.69) is 17.3 Å². The highest BCUT2D eigenvalue weighted by atomic mass is 32.1. The Bertz CT molecular complexity index is 252. The molecule has 0 aromatic carbocycles. The SMILES string of the molecule is CNC(c1cncs1)C1CCCCC1. The fourth-order valence-corrected chi connectivity index (χ4v) is 3.28. The van der Waals surface area contributed by atoms with Gasteiger partial charge >= 0.3 is 0 Å². The van der Waals surface area contributed by atoms with Gasteiger partial charge in [-0.1, -0.05) is 19.3 Å². The lowest BCUT2D eigenvalue weighted by Gasteiger charge is -2.29. The van der Waals surface area contributed by atoms with Gasteiger partial charge < -0.3 is 5.32 Å². The average molecular weight is 210 g/mol. The molecule has 0 amide bonds. The third-order valence-corrected chi connectivity index (χ3v) is 4.05. The first-order valence-corrected chi connectivity index (χ1v) is 6.35. The fraction of sp³-hybridized carbons (Fsp3) is 0.727. The lowest BCUT2D eigenvalue weighted by molar-refractivity contribution is 0.284. The third kappa shape index (κ3) is 2.15. The number of thiazole rings is 1. The molecule has 2 nitrogen and oxygen atoms in total. The van der Waals surface area contributed by atoms with Gasteiger partial charge in [0.25, 0.3) is 0 Å². The summed E-state index contributed by atoms with van der Waals surface area (Å²) in [4.78, 5) is 5.57. The second kappa shape index (κ2) is 4.89. The van der Waals surface area contributed by atoms with Crippen molar-refractivity contribution in [3.63, 3.8) is 0 Å². The van der Waals surface area contributed by atoms with E-state index in [4.69, 9.17) is 0 Å². The van der Waals surface area contributed by atoms with Crippen LogP contribution >= 0.6 is 11.3 Å². The van der Waals surface area contributed by atoms with Crippen molar-refractivity contribution in [2.45, 2.75) is 38.1 Å². The summed E-state index contributed by atoms with van der Waals surface area (Å²) in [6.45, 7) is 0. The molecule has 1 aromatic rings. The molecule has 1 aromatic heterocycles. The standard InChI is InChI=1S/C11H18N2S/c1-12-11(10-7-13-8-14-10)9-5-3-2-4-6-9/h7-9,11-12H,2-6H2,1H3. The molecule has 0 aliphatic heterocycles. The van der Waals surface area contributed by atoms with E-state index in [1.165, 1.54) is 37.0 Å². The van der Waals surface area contributed by atoms with E-state index in [1.807, 2.05) is 11.7 Å². The second-order valence-corrected chi connectivity index (χ2v) is 4.99. The average Bonchev–Trinajstić information content (AvgIpc) is 2.74. The zero-order valence-electron chi connectivity index (χ0n) is 8.70. The van der Waals surface area contributed by atoms with Crippen LogP contribution in [0.5, 0.6) is 0 Å². The van der Waals surface area contributed by atoms with Gasteiger partial charge in [0.2, 0.25) is 0 Å². The van der Waals surface area contributed by atoms with Gasteiger partial charge in [-0.2, -0.15) is 0 Å². The number of nitrogens with one attached hydrogen (secondary N) is 1. The van der Waals surface area contributed by atoms with E-state index in [1.54, 1.807) is 11.3 Å². The monoisotopic (exact) mass is 210 g/mol. The molecule has 1 N–H and O–H groups in total. The maximum Gasteiger partial charge on any atom is 0.0794 e. The van der Waals surface area contributed by atoms with Crippen molar-refractivity contribution in [3.8, 4) is 0 Å². The molecule has 0 spiro atoms. The summed E-state index contributed by atoms with van der Waals surface area (Å²) in [6, 6.07) is 0.544. The van der Waals surface area contributed by atoms with Crippen molar-refractivity contribution < 1.29 is 0 Å². The van der Waals surface area contributed by atoms with Crippen LogP contribution in [-0.2, 0) is 0 Å². The van der Waals surface area contributed by atoms with Crippen LogP contribution in [0.2, 0.25) is 0 Å². The Kier molecular flexibility index (Phi) is 3.54. The summed E-state index contributed by atoms with van der Waals surface area (Å²) in [5, 5.41) is 3.44. The number of hydrogen-bond acceptors (Lipinski definition) is 3. The van der Waals surface area contributed by atoms with E-state index in [-0.39, 0.29) is 0 Å². The first-order valence-electron chi connectivity index (χ1n) is 5.47. The number of nitrogens with zero attached hydrogens (tertiary/aromatic N) is 1. The van der Waals surface area contributed by atoms with Crippen molar-refractivity contribution in [2.75, 3.05) is 7.05 Å². The highest BCUT2D eigenvalue weighted by Gasteiger charge is 2.24. The number of hydrogen-bond donors (Lipinski definition) is 1. The largest absolute Gasteiger partial charge is 0.312 e. The normalized spacial score (nSPS) is 20.9. The van der Waals surface area contributed by atoms with Crippen LogP contribution < -0.4 is 5.32 Å². The summed E-state index contributed by atoms with van der Waals surface area (Å²) in [6.07, 6.45) is 9.01. The molecule has 1 fully saturated rings. The quantitative estimate of drug-likeness (QED) is 0.829. The molecule has 1 aliphatic rings. The van der Waals surface area contributed by atoms with Gasteiger partial charge in [0.15, 0.2) is 0 Å². The summed E-state index contributed by atoms with van der Waals surface area (Å²) in [7, 11) is 2.07. The minimum absolute atomic E-state index is 0.544. The minimum Gasteiger partial charge on any atom is -0.312 e. The molecule has 2 rings (SSSR count). The summed E-state index contributed by atoms with van der Waals surface area (Å²) in [5.41, 5.74) is 1.93. The van der Waals surface area contributed by atoms with Crippen LogP contribution in [0.25, 0.3) is 0 Å². The number of rotatable bonds is 3. The molecule has 1 atom stereocenters. The molecule has 1 saturated carbocycles. The zero-order valence-corrected chi connectivity index (χ0v) is 9.52. The minimum atomic E-state index is 0.544. The lowest BCUT2D eigenvalue weighted by atomic mass is 9.83. The summed E-state index contributed by atoms with van der Waals surface area (Å²) < 4.78 is 0. The van der Waals surface area contributed by atoms with E-state index in [0.717, 1.165) is 5.92 Å². The third-order valence-electron chi connectivity index (χ3n) is 3.19. The van der Waals surface area contributed by atoms with Crippen LogP contribution in [0, 0.1) is 5.92 Å². The lowest BCUT2D eigenvalue weighted by Crippen LogP contribution is -2.26. The molecule has 0 bridgehead atoms. The summed E-state index contributed by atoms with van der Waals surface area (Å²) >= 11 is 1.78. The fourth-order valence-electron chi connectivity index (χ4n) is 2.46. The van der Waals surface area contributed by atoms with Gasteiger partial charge in [0, 0.05) is 17.1 Å². The van der Waals surface area contributed by atoms with Crippen LogP contribution in [0.1, 0.15) is 43.0 Å². The van der Waals surface area contributed by atoms with E-state index in [9.17, 15) is 0 Å². The van der Waals surface area contributed by atoms with Crippen LogP contribution in [-0.4, -0.2) is 12.0 Å². The summed E-state index contributed by atoms with van der Waals surface area (Å²) in [5.74, 6) is 0.828. The topological polar surface area (TPSA) is 24.9 Å². The molecule has 3 heteroatoms. The van der Waals surface area contributed by atoms with Gasteiger partial charge in [-0.3, -0.25) is 4.98 Å². The molecule has 0 radical (unpaired) electrons. The van der Waals surface area contributed by atoms with Crippen molar-refractivity contribution in [1.82, 2.24) is 10.3 Å². The number of aromatic nitrogens is 1. The molecular weight excluding hydrogens is 192 g/mol. The molecular formula is C11H18N2S. The molecule has 1 unspecified atom stereocenters. The molecule has 1 heterocycles. The maximum absolute atomic E-state index is 4.16. The smallest absolute Gasteiger partial charge is 0.0794 e. The van der Waals surface area contributed by atoms with Crippen molar-refractivity contribution in [1.29, 1.82) is 0 Å². The van der Waals surface area contributed by atoms with Gasteiger partial charge in [-0.25, -0.2) is 0 Å². The van der Waals surface area contributed by atoms with E-state index >= 15 is 0 Å². The Morgan fingerprint density at radius 3 is 2.79 bits per heavy atom. The molecule has 14 heavy (non-hydrogen) atoms. The second-order valence-electron chi connectivity index (χ2n) is 4.07. The van der Waals surface area contributed by atoms with Crippen molar-refractivity contribution in [2.24, 2.45) is 5.92 Å². The Morgan fingerprint density at radius 2 is 2.21 bits per heavy atom. The Morgan fingerprint density at radius 1 is 1.43 bits per heavy atom. The first-order chi connectivity index (χ1) is 6.92. The van der Waals surface area contributed by atoms with Crippen LogP contribution in [0.15, 0.2) is 11.7 Å². The van der Waals surface area contributed by atoms with Crippen molar-refractivity contribution >= 4 is 11.3 Å². The van der Waals surface area contributed by atoms with Crippen LogP contribution in [0.4, 0.5) is 0 Å². The van der Waals surface area contributed by atoms with Gasteiger partial charge in [0.1, 0.15) is 0 Å². The maximum atomic E-state index is 4.16. The first kappa shape index (κ1) is 10.1. The predicted molar refractivity (Wildman–Crippen MR) is 60.5 cm³/mol. The van der Waals surface area contributed by atoms with Gasteiger partial charge in [-0.15, -0.1) is 11.3 Å². The molecule has 1 aliphatic carbocycles. The highest BCUT2D eigenvalue weighted by Crippen LogP contribution is 2.35. The Labute approximate surface area is 89.8 Å². The molecule has 78 valence electrons. The Hall–Kier alpha value is -0.410. The van der Waals surface area contributed by atoms with Gasteiger partial charge in [-0.05, 0) is 25.8 Å². The van der Waals surface area contributed by atoms with E-state index < -0.39 is 0 Å². The van der Waals surface area contributed by atoms with E-state index in [0.29, 0.717) is 6.04 Å². The highest BCUT2D eigenvalue weighted by molar-refractivity contribution is 7.09.